The van der Waals surface area contributed by atoms with Gasteiger partial charge in [-0.15, -0.1) is 0 Å². The Morgan fingerprint density at radius 2 is 2.18 bits per heavy atom. The second-order valence-electron chi connectivity index (χ2n) is 3.66. The van der Waals surface area contributed by atoms with Crippen LogP contribution in [0.15, 0.2) is 18.2 Å². The van der Waals surface area contributed by atoms with E-state index < -0.39 is 0 Å². The Morgan fingerprint density at radius 3 is 2.82 bits per heavy atom. The van der Waals surface area contributed by atoms with Gasteiger partial charge in [0.25, 0.3) is 5.91 Å². The van der Waals surface area contributed by atoms with Gasteiger partial charge in [0.2, 0.25) is 5.95 Å². The van der Waals surface area contributed by atoms with Crippen molar-refractivity contribution in [2.75, 3.05) is 12.8 Å². The molecule has 5 nitrogen and oxygen atoms in total. The number of aryl methyl sites for hydroxylation is 1. The van der Waals surface area contributed by atoms with Crippen molar-refractivity contribution in [2.45, 2.75) is 13.3 Å². The molecule has 17 heavy (non-hydrogen) atoms. The van der Waals surface area contributed by atoms with Crippen molar-refractivity contribution in [3.8, 4) is 0 Å². The topological polar surface area (TPSA) is 80.9 Å². The lowest BCUT2D eigenvalue weighted by molar-refractivity contribution is 0.0964. The van der Waals surface area contributed by atoms with Crippen LogP contribution in [0.5, 0.6) is 0 Å². The molecule has 88 valence electrons. The zero-order valence-electron chi connectivity index (χ0n) is 9.82. The number of nitrogens with two attached hydrogens (primary N) is 1. The van der Waals surface area contributed by atoms with Crippen molar-refractivity contribution in [1.82, 2.24) is 15.3 Å². The molecule has 0 aliphatic heterocycles. The molecule has 0 aliphatic rings. The van der Waals surface area contributed by atoms with E-state index in [1.54, 1.807) is 19.2 Å². The Morgan fingerprint density at radius 1 is 1.41 bits per heavy atom. The van der Waals surface area contributed by atoms with Crippen LogP contribution in [0.1, 0.15) is 23.0 Å². The number of benzene rings is 1. The molecule has 0 saturated carbocycles. The average Bonchev–Trinajstić information content (AvgIpc) is 2.35. The minimum absolute atomic E-state index is 0.140. The third kappa shape index (κ3) is 1.91. The van der Waals surface area contributed by atoms with Crippen LogP contribution in [-0.4, -0.2) is 22.9 Å². The minimum atomic E-state index is -0.140. The molecule has 0 aliphatic carbocycles. The van der Waals surface area contributed by atoms with Crippen LogP contribution in [-0.2, 0) is 6.42 Å². The van der Waals surface area contributed by atoms with E-state index in [0.29, 0.717) is 17.5 Å². The van der Waals surface area contributed by atoms with E-state index in [1.807, 2.05) is 13.0 Å². The standard InChI is InChI=1S/C12H14N4O/c1-3-8-10-7(11(17)14-2)5-4-6-9(10)16-12(13)15-8/h4-6H,3H2,1-2H3,(H,14,17)(H2,13,15,16). The summed E-state index contributed by atoms with van der Waals surface area (Å²) in [7, 11) is 1.60. The summed E-state index contributed by atoms with van der Waals surface area (Å²) in [6, 6.07) is 5.39. The maximum atomic E-state index is 11.8. The van der Waals surface area contributed by atoms with E-state index in [4.69, 9.17) is 5.73 Å². The number of nitrogens with one attached hydrogen (secondary N) is 1. The molecule has 0 unspecified atom stereocenters. The fourth-order valence-corrected chi connectivity index (χ4v) is 1.86. The number of hydrogen-bond donors (Lipinski definition) is 2. The van der Waals surface area contributed by atoms with Crippen LogP contribution < -0.4 is 11.1 Å². The van der Waals surface area contributed by atoms with Gasteiger partial charge >= 0.3 is 0 Å². The second kappa shape index (κ2) is 4.37. The number of fused-ring (bicyclic) bond motifs is 1. The molecule has 0 atom stereocenters. The number of carbonyl (C=O) groups excluding carboxylic acids is 1. The van der Waals surface area contributed by atoms with Crippen LogP contribution in [0.25, 0.3) is 10.9 Å². The number of carbonyl (C=O) groups is 1. The van der Waals surface area contributed by atoms with E-state index in [0.717, 1.165) is 11.1 Å². The summed E-state index contributed by atoms with van der Waals surface area (Å²) in [6.45, 7) is 1.97. The lowest BCUT2D eigenvalue weighted by atomic mass is 10.0. The first-order valence-electron chi connectivity index (χ1n) is 5.44. The fourth-order valence-electron chi connectivity index (χ4n) is 1.86. The number of nitrogens with zero attached hydrogens (tertiary/aromatic N) is 2. The molecule has 1 aromatic heterocycles. The number of anilines is 1. The van der Waals surface area contributed by atoms with E-state index in [-0.39, 0.29) is 11.9 Å². The zero-order chi connectivity index (χ0) is 12.4. The number of aromatic nitrogens is 2. The molecule has 0 spiro atoms. The summed E-state index contributed by atoms with van der Waals surface area (Å²) < 4.78 is 0. The zero-order valence-corrected chi connectivity index (χ0v) is 9.82. The number of amides is 1. The van der Waals surface area contributed by atoms with Gasteiger partial charge in [-0.05, 0) is 18.6 Å². The third-order valence-electron chi connectivity index (χ3n) is 2.62. The molecule has 0 fully saturated rings. The van der Waals surface area contributed by atoms with Crippen molar-refractivity contribution in [1.29, 1.82) is 0 Å². The molecule has 0 saturated heterocycles. The van der Waals surface area contributed by atoms with Gasteiger partial charge in [-0.1, -0.05) is 13.0 Å². The Kier molecular flexibility index (Phi) is 2.91. The van der Waals surface area contributed by atoms with Gasteiger partial charge in [0.15, 0.2) is 0 Å². The lowest BCUT2D eigenvalue weighted by Crippen LogP contribution is -2.19. The molecule has 1 amide bonds. The average molecular weight is 230 g/mol. The number of nitrogen functional groups attached to an aromatic ring is 1. The van der Waals surface area contributed by atoms with Gasteiger partial charge in [0, 0.05) is 12.4 Å². The third-order valence-corrected chi connectivity index (χ3v) is 2.62. The van der Waals surface area contributed by atoms with Crippen molar-refractivity contribution in [2.24, 2.45) is 0 Å². The van der Waals surface area contributed by atoms with Crippen LogP contribution in [0.3, 0.4) is 0 Å². The molecular formula is C12H14N4O. The van der Waals surface area contributed by atoms with Crippen LogP contribution in [0.2, 0.25) is 0 Å². The quantitative estimate of drug-likeness (QED) is 0.810. The molecule has 0 radical (unpaired) electrons. The first-order chi connectivity index (χ1) is 8.17. The van der Waals surface area contributed by atoms with E-state index in [9.17, 15) is 4.79 Å². The minimum Gasteiger partial charge on any atom is -0.368 e. The van der Waals surface area contributed by atoms with Crippen LogP contribution >= 0.6 is 0 Å². The molecule has 1 heterocycles. The Hall–Kier alpha value is -2.17. The molecule has 0 bridgehead atoms. The molecule has 3 N–H and O–H groups in total. The van der Waals surface area contributed by atoms with Crippen molar-refractivity contribution >= 4 is 22.8 Å². The van der Waals surface area contributed by atoms with Gasteiger partial charge < -0.3 is 11.1 Å². The molecule has 5 heteroatoms. The number of hydrogen-bond acceptors (Lipinski definition) is 4. The highest BCUT2D eigenvalue weighted by atomic mass is 16.1. The highest BCUT2D eigenvalue weighted by Crippen LogP contribution is 2.21. The molecular weight excluding hydrogens is 216 g/mol. The summed E-state index contributed by atoms with van der Waals surface area (Å²) in [5.74, 6) is 0.0991. The number of rotatable bonds is 2. The lowest BCUT2D eigenvalue weighted by Gasteiger charge is -2.09. The smallest absolute Gasteiger partial charge is 0.251 e. The van der Waals surface area contributed by atoms with E-state index in [2.05, 4.69) is 15.3 Å². The van der Waals surface area contributed by atoms with Gasteiger partial charge in [0.05, 0.1) is 16.8 Å². The van der Waals surface area contributed by atoms with E-state index >= 15 is 0 Å². The van der Waals surface area contributed by atoms with Gasteiger partial charge in [-0.2, -0.15) is 0 Å². The Bertz CT molecular complexity index is 580. The Labute approximate surface area is 99.1 Å². The summed E-state index contributed by atoms with van der Waals surface area (Å²) in [6.07, 6.45) is 0.706. The summed E-state index contributed by atoms with van der Waals surface area (Å²) >= 11 is 0. The normalized spacial score (nSPS) is 10.5. The van der Waals surface area contributed by atoms with Crippen molar-refractivity contribution in [3.05, 3.63) is 29.5 Å². The van der Waals surface area contributed by atoms with Crippen molar-refractivity contribution in [3.63, 3.8) is 0 Å². The largest absolute Gasteiger partial charge is 0.368 e. The summed E-state index contributed by atoms with van der Waals surface area (Å²) in [4.78, 5) is 20.1. The Balaban J connectivity index is 2.82. The highest BCUT2D eigenvalue weighted by molar-refractivity contribution is 6.07. The SMILES string of the molecule is CCc1nc(N)nc2cccc(C(=O)NC)c12. The van der Waals surface area contributed by atoms with Gasteiger partial charge in [-0.3, -0.25) is 4.79 Å². The van der Waals surface area contributed by atoms with Crippen LogP contribution in [0, 0.1) is 0 Å². The maximum absolute atomic E-state index is 11.8. The maximum Gasteiger partial charge on any atom is 0.251 e. The predicted octanol–water partition coefficient (Wildman–Crippen LogP) is 1.13. The highest BCUT2D eigenvalue weighted by Gasteiger charge is 2.13. The van der Waals surface area contributed by atoms with E-state index in [1.165, 1.54) is 0 Å². The van der Waals surface area contributed by atoms with Crippen LogP contribution in [0.4, 0.5) is 5.95 Å². The fraction of sp³-hybridized carbons (Fsp3) is 0.250. The van der Waals surface area contributed by atoms with Gasteiger partial charge in [-0.25, -0.2) is 9.97 Å². The van der Waals surface area contributed by atoms with Gasteiger partial charge in [0.1, 0.15) is 0 Å². The molecule has 2 aromatic rings. The first kappa shape index (κ1) is 11.3. The molecule has 2 rings (SSSR count). The molecule has 1 aromatic carbocycles. The van der Waals surface area contributed by atoms with Crippen molar-refractivity contribution < 1.29 is 4.79 Å². The summed E-state index contributed by atoms with van der Waals surface area (Å²) in [5.41, 5.74) is 7.72. The second-order valence-corrected chi connectivity index (χ2v) is 3.66. The summed E-state index contributed by atoms with van der Waals surface area (Å²) in [5, 5.41) is 3.39. The first-order valence-corrected chi connectivity index (χ1v) is 5.44. The monoisotopic (exact) mass is 230 g/mol. The predicted molar refractivity (Wildman–Crippen MR) is 66.7 cm³/mol.